The van der Waals surface area contributed by atoms with Gasteiger partial charge in [-0.25, -0.2) is 4.39 Å². The second kappa shape index (κ2) is 5.83. The summed E-state index contributed by atoms with van der Waals surface area (Å²) >= 11 is 0. The van der Waals surface area contributed by atoms with Gasteiger partial charge in [0.05, 0.1) is 23.1 Å². The van der Waals surface area contributed by atoms with E-state index in [1.165, 1.54) is 19.9 Å². The van der Waals surface area contributed by atoms with E-state index in [1.54, 1.807) is 0 Å². The van der Waals surface area contributed by atoms with Gasteiger partial charge >= 0.3 is 0 Å². The van der Waals surface area contributed by atoms with Crippen LogP contribution in [-0.2, 0) is 4.79 Å². The van der Waals surface area contributed by atoms with Crippen LogP contribution < -0.4 is 16.2 Å². The molecule has 0 bridgehead atoms. The molecule has 0 heterocycles. The number of benzene rings is 1. The van der Waals surface area contributed by atoms with E-state index < -0.39 is 22.2 Å². The van der Waals surface area contributed by atoms with Crippen LogP contribution in [-0.4, -0.2) is 23.0 Å². The third kappa shape index (κ3) is 3.64. The van der Waals surface area contributed by atoms with Crippen LogP contribution in [0.4, 0.5) is 10.1 Å². The molecule has 20 heavy (non-hydrogen) atoms. The van der Waals surface area contributed by atoms with Gasteiger partial charge in [-0.1, -0.05) is 0 Å². The number of carbonyl (C=O) groups is 1. The molecule has 0 spiro atoms. The van der Waals surface area contributed by atoms with Crippen molar-refractivity contribution in [2.75, 3.05) is 6.61 Å². The van der Waals surface area contributed by atoms with E-state index in [4.69, 9.17) is 16.2 Å². The lowest BCUT2D eigenvalue weighted by Gasteiger charge is -2.20. The number of hydrogen-bond donors (Lipinski definition) is 2. The Labute approximate surface area is 114 Å². The van der Waals surface area contributed by atoms with Crippen molar-refractivity contribution in [2.24, 2.45) is 11.5 Å². The van der Waals surface area contributed by atoms with Crippen molar-refractivity contribution in [2.45, 2.75) is 25.8 Å². The summed E-state index contributed by atoms with van der Waals surface area (Å²) in [6, 6.07) is 2.02. The maximum atomic E-state index is 13.6. The van der Waals surface area contributed by atoms with Crippen LogP contribution in [0.15, 0.2) is 12.1 Å². The van der Waals surface area contributed by atoms with E-state index in [1.807, 2.05) is 0 Å². The van der Waals surface area contributed by atoms with Gasteiger partial charge in [-0.3, -0.25) is 14.9 Å². The van der Waals surface area contributed by atoms with Crippen molar-refractivity contribution in [1.29, 1.82) is 0 Å². The Balaban J connectivity index is 2.78. The lowest BCUT2D eigenvalue weighted by Crippen LogP contribution is -2.50. The second-order valence-electron chi connectivity index (χ2n) is 4.71. The Morgan fingerprint density at radius 2 is 2.15 bits per heavy atom. The topological polar surface area (TPSA) is 121 Å². The fraction of sp³-hybridized carbons (Fsp3) is 0.417. The van der Waals surface area contributed by atoms with Gasteiger partial charge in [0.2, 0.25) is 5.91 Å². The zero-order chi connectivity index (χ0) is 15.5. The number of nitro groups is 1. The Morgan fingerprint density at radius 1 is 1.55 bits per heavy atom. The third-order valence-electron chi connectivity index (χ3n) is 2.89. The van der Waals surface area contributed by atoms with Crippen LogP contribution in [0, 0.1) is 22.9 Å². The number of halogens is 1. The molecule has 1 rings (SSSR count). The lowest BCUT2D eigenvalue weighted by molar-refractivity contribution is -0.385. The molecule has 0 radical (unpaired) electrons. The van der Waals surface area contributed by atoms with Crippen LogP contribution in [0.25, 0.3) is 0 Å². The SMILES string of the molecule is Cc1cc(OCCC(C)(N)C(N)=O)c(F)cc1[N+](=O)[O-]. The minimum Gasteiger partial charge on any atom is -0.490 e. The monoisotopic (exact) mass is 285 g/mol. The summed E-state index contributed by atoms with van der Waals surface area (Å²) in [5, 5.41) is 10.6. The van der Waals surface area contributed by atoms with Crippen LogP contribution in [0.5, 0.6) is 5.75 Å². The van der Waals surface area contributed by atoms with E-state index in [0.29, 0.717) is 0 Å². The average Bonchev–Trinajstić information content (AvgIpc) is 2.32. The number of ether oxygens (including phenoxy) is 1. The predicted molar refractivity (Wildman–Crippen MR) is 69.7 cm³/mol. The maximum Gasteiger partial charge on any atom is 0.275 e. The van der Waals surface area contributed by atoms with Crippen LogP contribution in [0.1, 0.15) is 18.9 Å². The van der Waals surface area contributed by atoms with Gasteiger partial charge < -0.3 is 16.2 Å². The molecule has 1 amide bonds. The molecule has 110 valence electrons. The summed E-state index contributed by atoms with van der Waals surface area (Å²) < 4.78 is 18.8. The molecule has 4 N–H and O–H groups in total. The Kier molecular flexibility index (Phi) is 4.61. The van der Waals surface area contributed by atoms with Crippen molar-refractivity contribution >= 4 is 11.6 Å². The highest BCUT2D eigenvalue weighted by Gasteiger charge is 2.25. The van der Waals surface area contributed by atoms with Gasteiger partial charge in [0.15, 0.2) is 11.6 Å². The molecule has 1 atom stereocenters. The number of carbonyl (C=O) groups excluding carboxylic acids is 1. The number of primary amides is 1. The molecule has 1 aromatic rings. The van der Waals surface area contributed by atoms with E-state index in [-0.39, 0.29) is 30.0 Å². The summed E-state index contributed by atoms with van der Waals surface area (Å²) in [4.78, 5) is 21.0. The molecule has 0 aromatic heterocycles. The predicted octanol–water partition coefficient (Wildman–Crippen LogP) is 1.01. The van der Waals surface area contributed by atoms with Crippen molar-refractivity contribution < 1.29 is 18.8 Å². The van der Waals surface area contributed by atoms with E-state index in [0.717, 1.165) is 6.07 Å². The Bertz CT molecular complexity index is 546. The molecule has 0 fully saturated rings. The van der Waals surface area contributed by atoms with Crippen molar-refractivity contribution in [3.8, 4) is 5.75 Å². The standard InChI is InChI=1S/C12H16FN3O4/c1-7-5-10(8(13)6-9(7)16(18)19)20-4-3-12(2,15)11(14)17/h5-6H,3-4,15H2,1-2H3,(H2,14,17). The summed E-state index contributed by atoms with van der Waals surface area (Å²) in [7, 11) is 0. The quantitative estimate of drug-likeness (QED) is 0.596. The highest BCUT2D eigenvalue weighted by atomic mass is 19.1. The molecule has 0 aliphatic heterocycles. The molecule has 1 unspecified atom stereocenters. The van der Waals surface area contributed by atoms with E-state index in [9.17, 15) is 19.3 Å². The zero-order valence-corrected chi connectivity index (χ0v) is 11.2. The molecular weight excluding hydrogens is 269 g/mol. The molecule has 1 aromatic carbocycles. The van der Waals surface area contributed by atoms with Gasteiger partial charge in [0.25, 0.3) is 5.69 Å². The minimum atomic E-state index is -1.26. The van der Waals surface area contributed by atoms with Crippen molar-refractivity contribution in [3.05, 3.63) is 33.6 Å². The smallest absolute Gasteiger partial charge is 0.275 e. The number of nitro benzene ring substituents is 1. The van der Waals surface area contributed by atoms with Gasteiger partial charge in [-0.05, 0) is 19.9 Å². The van der Waals surface area contributed by atoms with Crippen molar-refractivity contribution in [3.63, 3.8) is 0 Å². The maximum absolute atomic E-state index is 13.6. The lowest BCUT2D eigenvalue weighted by atomic mass is 9.99. The summed E-state index contributed by atoms with van der Waals surface area (Å²) in [5.41, 5.74) is 9.40. The second-order valence-corrected chi connectivity index (χ2v) is 4.71. The average molecular weight is 285 g/mol. The highest BCUT2D eigenvalue weighted by molar-refractivity contribution is 5.83. The number of nitrogens with two attached hydrogens (primary N) is 2. The van der Waals surface area contributed by atoms with Gasteiger partial charge in [-0.15, -0.1) is 0 Å². The Morgan fingerprint density at radius 3 is 2.65 bits per heavy atom. The molecular formula is C12H16FN3O4. The van der Waals surface area contributed by atoms with Gasteiger partial charge in [0, 0.05) is 12.0 Å². The fourth-order valence-corrected chi connectivity index (χ4v) is 1.45. The molecule has 0 saturated heterocycles. The van der Waals surface area contributed by atoms with Crippen LogP contribution in [0.2, 0.25) is 0 Å². The molecule has 8 heteroatoms. The molecule has 0 aliphatic carbocycles. The van der Waals surface area contributed by atoms with Crippen molar-refractivity contribution in [1.82, 2.24) is 0 Å². The van der Waals surface area contributed by atoms with Gasteiger partial charge in [-0.2, -0.15) is 0 Å². The first kappa shape index (κ1) is 15.8. The third-order valence-corrected chi connectivity index (χ3v) is 2.89. The zero-order valence-electron chi connectivity index (χ0n) is 11.2. The van der Waals surface area contributed by atoms with Crippen LogP contribution in [0.3, 0.4) is 0 Å². The normalized spacial score (nSPS) is 13.6. The number of amides is 1. The summed E-state index contributed by atoms with van der Waals surface area (Å²) in [6.45, 7) is 2.88. The molecule has 0 aliphatic rings. The largest absolute Gasteiger partial charge is 0.490 e. The molecule has 7 nitrogen and oxygen atoms in total. The van der Waals surface area contributed by atoms with Crippen LogP contribution >= 0.6 is 0 Å². The number of nitrogens with zero attached hydrogens (tertiary/aromatic N) is 1. The first-order valence-electron chi connectivity index (χ1n) is 5.81. The number of rotatable bonds is 6. The first-order chi connectivity index (χ1) is 9.15. The van der Waals surface area contributed by atoms with Gasteiger partial charge in [0.1, 0.15) is 0 Å². The first-order valence-corrected chi connectivity index (χ1v) is 5.81. The number of aryl methyl sites for hydroxylation is 1. The van der Waals surface area contributed by atoms with E-state index in [2.05, 4.69) is 0 Å². The fourth-order valence-electron chi connectivity index (χ4n) is 1.45. The number of hydrogen-bond acceptors (Lipinski definition) is 5. The summed E-state index contributed by atoms with van der Waals surface area (Å²) in [5.74, 6) is -1.67. The molecule has 0 saturated carbocycles. The van der Waals surface area contributed by atoms with E-state index >= 15 is 0 Å². The summed E-state index contributed by atoms with van der Waals surface area (Å²) in [6.07, 6.45) is 0.0950. The Hall–Kier alpha value is -2.22. The minimum absolute atomic E-state index is 0.0376. The highest BCUT2D eigenvalue weighted by Crippen LogP contribution is 2.27.